The molecule has 0 amide bonds. The Morgan fingerprint density at radius 3 is 2.29 bits per heavy atom. The monoisotopic (exact) mass is 507 g/mol. The zero-order valence-corrected chi connectivity index (χ0v) is 17.3. The largest absolute Gasteiger partial charge is 0.744 e. The molecular formula is C19H14IN3O4S. The van der Waals surface area contributed by atoms with Gasteiger partial charge in [-0.2, -0.15) is 0 Å². The van der Waals surface area contributed by atoms with Gasteiger partial charge in [-0.25, -0.2) is 13.4 Å². The van der Waals surface area contributed by atoms with Crippen LogP contribution in [0.2, 0.25) is 0 Å². The smallest absolute Gasteiger partial charge is 0.167 e. The topological polar surface area (TPSA) is 117 Å². The molecule has 0 bridgehead atoms. The molecule has 0 aliphatic rings. The highest BCUT2D eigenvalue weighted by Gasteiger charge is 2.14. The van der Waals surface area contributed by atoms with E-state index in [0.717, 1.165) is 6.07 Å². The van der Waals surface area contributed by atoms with Crippen molar-refractivity contribution in [3.8, 4) is 16.9 Å². The van der Waals surface area contributed by atoms with Crippen LogP contribution in [0.25, 0.3) is 22.0 Å². The summed E-state index contributed by atoms with van der Waals surface area (Å²) in [4.78, 5) is 10.4. The number of fused-ring (bicyclic) bond motifs is 1. The zero-order chi connectivity index (χ0) is 20.1. The number of benzene rings is 1. The van der Waals surface area contributed by atoms with Crippen LogP contribution in [0.3, 0.4) is 0 Å². The molecule has 4 aromatic rings. The number of phenols is 1. The van der Waals surface area contributed by atoms with Crippen molar-refractivity contribution in [2.75, 3.05) is 0 Å². The average Bonchev–Trinajstić information content (AvgIpc) is 2.72. The highest BCUT2D eigenvalue weighted by Crippen LogP contribution is 2.32. The van der Waals surface area contributed by atoms with Crippen molar-refractivity contribution < 1.29 is 23.1 Å². The van der Waals surface area contributed by atoms with Crippen LogP contribution in [-0.4, -0.2) is 28.0 Å². The van der Waals surface area contributed by atoms with Crippen molar-refractivity contribution in [3.05, 3.63) is 77.0 Å². The van der Waals surface area contributed by atoms with Crippen molar-refractivity contribution in [2.45, 2.75) is 4.90 Å². The zero-order valence-electron chi connectivity index (χ0n) is 14.3. The molecule has 0 fully saturated rings. The number of hydrogen-bond acceptors (Lipinski definition) is 6. The maximum absolute atomic E-state index is 11.0. The molecule has 9 heteroatoms. The summed E-state index contributed by atoms with van der Waals surface area (Å²) in [6, 6.07) is 12.1. The van der Waals surface area contributed by atoms with E-state index in [2.05, 4.69) is 15.0 Å². The van der Waals surface area contributed by atoms with Crippen molar-refractivity contribution in [1.82, 2.24) is 9.97 Å². The predicted octanol–water partition coefficient (Wildman–Crippen LogP) is 3.01. The summed E-state index contributed by atoms with van der Waals surface area (Å²) in [5, 5.41) is 9.82. The number of hydrogen-bond donors (Lipinski definition) is 1. The maximum atomic E-state index is 11.0. The van der Waals surface area contributed by atoms with Gasteiger partial charge in [-0.1, -0.05) is 0 Å². The molecule has 7 nitrogen and oxygen atoms in total. The first-order chi connectivity index (χ1) is 13.4. The van der Waals surface area contributed by atoms with Gasteiger partial charge in [0.2, 0.25) is 0 Å². The van der Waals surface area contributed by atoms with Crippen molar-refractivity contribution in [1.29, 1.82) is 0 Å². The van der Waals surface area contributed by atoms with Gasteiger partial charge in [0.1, 0.15) is 15.6 Å². The van der Waals surface area contributed by atoms with E-state index in [9.17, 15) is 18.1 Å². The molecule has 0 aliphatic heterocycles. The van der Waals surface area contributed by atoms with E-state index in [1.54, 1.807) is 35.0 Å². The lowest BCUT2D eigenvalue weighted by Gasteiger charge is -2.12. The lowest BCUT2D eigenvalue weighted by atomic mass is 10.1. The summed E-state index contributed by atoms with van der Waals surface area (Å²) in [5.41, 5.74) is 2.51. The second kappa shape index (κ2) is 8.59. The minimum absolute atomic E-state index is 0.115. The fraction of sp³-hybridized carbons (Fsp3) is 0. The van der Waals surface area contributed by atoms with Crippen LogP contribution in [0.15, 0.2) is 78.3 Å². The average molecular weight is 507 g/mol. The third kappa shape index (κ3) is 4.61. The number of phenolic OH excluding ortho intramolecular Hbond substituents is 1. The van der Waals surface area contributed by atoms with Gasteiger partial charge >= 0.3 is 0 Å². The molecule has 0 atom stereocenters. The molecule has 0 unspecified atom stereocenters. The van der Waals surface area contributed by atoms with Gasteiger partial charge in [0, 0.05) is 36.1 Å². The van der Waals surface area contributed by atoms with Crippen LogP contribution in [0.4, 0.5) is 0 Å². The minimum atomic E-state index is -4.57. The van der Waals surface area contributed by atoms with Crippen LogP contribution in [0.5, 0.6) is 5.75 Å². The molecule has 0 saturated carbocycles. The number of halogens is 1. The van der Waals surface area contributed by atoms with Crippen LogP contribution in [0, 0.1) is 3.57 Å². The van der Waals surface area contributed by atoms with Crippen molar-refractivity contribution in [3.63, 3.8) is 0 Å². The summed E-state index contributed by atoms with van der Waals surface area (Å²) >= 11 is 1.74. The van der Waals surface area contributed by atoms with Crippen molar-refractivity contribution in [2.24, 2.45) is 0 Å². The molecule has 2 N–H and O–H groups in total. The van der Waals surface area contributed by atoms with Gasteiger partial charge < -0.3 is 9.66 Å². The molecule has 142 valence electrons. The molecule has 3 aromatic heterocycles. The number of nitrogens with one attached hydrogen (secondary N) is 1. The second-order valence-corrected chi connectivity index (χ2v) is 8.09. The SMILES string of the molecule is O=S(=O)([O-])c1cc(I)c(O)c2ncccc12.c1cc(-c2cc[nH+]cc2)ccn1. The highest BCUT2D eigenvalue weighted by atomic mass is 127. The highest BCUT2D eigenvalue weighted by molar-refractivity contribution is 14.1. The summed E-state index contributed by atoms with van der Waals surface area (Å²) < 4.78 is 33.4. The molecule has 4 rings (SSSR count). The van der Waals surface area contributed by atoms with Crippen LogP contribution in [0.1, 0.15) is 0 Å². The molecular weight excluding hydrogens is 493 g/mol. The Kier molecular flexibility index (Phi) is 6.17. The van der Waals surface area contributed by atoms with Crippen LogP contribution in [-0.2, 0) is 10.1 Å². The number of aromatic amines is 1. The third-order valence-electron chi connectivity index (χ3n) is 3.78. The summed E-state index contributed by atoms with van der Waals surface area (Å²) in [6.45, 7) is 0. The van der Waals surface area contributed by atoms with E-state index in [4.69, 9.17) is 0 Å². The Labute approximate surface area is 175 Å². The fourth-order valence-corrected chi connectivity index (χ4v) is 3.97. The molecule has 0 radical (unpaired) electrons. The third-order valence-corrected chi connectivity index (χ3v) is 5.48. The number of pyridine rings is 3. The van der Waals surface area contributed by atoms with Gasteiger partial charge in [0.25, 0.3) is 0 Å². The number of aromatic nitrogens is 3. The van der Waals surface area contributed by atoms with Crippen molar-refractivity contribution >= 4 is 43.6 Å². The van der Waals surface area contributed by atoms with Gasteiger partial charge in [-0.15, -0.1) is 0 Å². The molecule has 28 heavy (non-hydrogen) atoms. The first kappa shape index (κ1) is 20.1. The van der Waals surface area contributed by atoms with Gasteiger partial charge in [0.05, 0.1) is 8.47 Å². The molecule has 0 spiro atoms. The van der Waals surface area contributed by atoms with E-state index in [1.807, 2.05) is 36.7 Å². The Hall–Kier alpha value is -2.63. The predicted molar refractivity (Wildman–Crippen MR) is 110 cm³/mol. The molecule has 3 heterocycles. The number of rotatable bonds is 2. The molecule has 0 saturated heterocycles. The lowest BCUT2D eigenvalue weighted by molar-refractivity contribution is -0.377. The van der Waals surface area contributed by atoms with Gasteiger partial charge in [0.15, 0.2) is 18.1 Å². The number of aromatic hydroxyl groups is 1. The second-order valence-electron chi connectivity index (χ2n) is 5.58. The Bertz CT molecular complexity index is 1170. The fourth-order valence-electron chi connectivity index (χ4n) is 2.50. The normalized spacial score (nSPS) is 10.9. The van der Waals surface area contributed by atoms with Crippen LogP contribution >= 0.6 is 22.6 Å². The Balaban J connectivity index is 0.000000167. The summed E-state index contributed by atoms with van der Waals surface area (Å²) in [7, 11) is -4.57. The Morgan fingerprint density at radius 1 is 1.00 bits per heavy atom. The molecule has 0 aliphatic carbocycles. The molecule has 1 aromatic carbocycles. The summed E-state index contributed by atoms with van der Waals surface area (Å²) in [6.07, 6.45) is 8.84. The van der Waals surface area contributed by atoms with Gasteiger partial charge in [-0.05, 0) is 64.0 Å². The number of H-pyrrole nitrogens is 1. The van der Waals surface area contributed by atoms with E-state index in [0.29, 0.717) is 0 Å². The van der Waals surface area contributed by atoms with Crippen LogP contribution < -0.4 is 4.98 Å². The maximum Gasteiger partial charge on any atom is 0.167 e. The minimum Gasteiger partial charge on any atom is -0.744 e. The first-order valence-electron chi connectivity index (χ1n) is 7.96. The van der Waals surface area contributed by atoms with E-state index in [-0.39, 0.29) is 25.1 Å². The van der Waals surface area contributed by atoms with E-state index < -0.39 is 10.1 Å². The number of nitrogens with zero attached hydrogens (tertiary/aromatic N) is 2. The van der Waals surface area contributed by atoms with Gasteiger partial charge in [-0.3, -0.25) is 9.97 Å². The summed E-state index contributed by atoms with van der Waals surface area (Å²) in [5.74, 6) is -0.122. The lowest BCUT2D eigenvalue weighted by Crippen LogP contribution is -2.01. The first-order valence-corrected chi connectivity index (χ1v) is 10.4. The quantitative estimate of drug-likeness (QED) is 0.329. The standard InChI is InChI=1S/C10H8N2.C9H6INO4S/c1-5-11-6-2-9(1)10-3-7-12-8-4-10;10-6-4-7(16(13,14)15)5-2-1-3-11-8(5)9(6)12/h1-8H;1-4,12H,(H,13,14,15). The Morgan fingerprint density at radius 2 is 1.64 bits per heavy atom. The van der Waals surface area contributed by atoms with E-state index >= 15 is 0 Å². The van der Waals surface area contributed by atoms with E-state index in [1.165, 1.54) is 29.5 Å².